The van der Waals surface area contributed by atoms with Gasteiger partial charge in [0.05, 0.1) is 0 Å². The van der Waals surface area contributed by atoms with Crippen LogP contribution >= 0.6 is 11.3 Å². The lowest BCUT2D eigenvalue weighted by atomic mass is 9.72. The molecule has 1 aliphatic carbocycles. The Hall–Kier alpha value is -1.12. The van der Waals surface area contributed by atoms with Crippen LogP contribution in [0.15, 0.2) is 35.7 Å². The molecule has 0 saturated carbocycles. The number of hydrogen-bond donors (Lipinski definition) is 1. The van der Waals surface area contributed by atoms with E-state index in [0.717, 1.165) is 24.0 Å². The first-order chi connectivity index (χ1) is 8.61. The third-order valence-electron chi connectivity index (χ3n) is 4.08. The molecule has 2 heteroatoms. The average Bonchev–Trinajstić information content (AvgIpc) is 2.82. The molecule has 94 valence electrons. The quantitative estimate of drug-likeness (QED) is 0.813. The van der Waals surface area contributed by atoms with Crippen molar-refractivity contribution in [2.75, 3.05) is 0 Å². The first-order valence-corrected chi connectivity index (χ1v) is 7.36. The summed E-state index contributed by atoms with van der Waals surface area (Å²) >= 11 is 1.71. The van der Waals surface area contributed by atoms with Gasteiger partial charge >= 0.3 is 0 Å². The fraction of sp³-hybridized carbons (Fsp3) is 0.375. The lowest BCUT2D eigenvalue weighted by Crippen LogP contribution is -2.32. The highest BCUT2D eigenvalue weighted by atomic mass is 32.1. The van der Waals surface area contributed by atoms with Crippen molar-refractivity contribution in [1.82, 2.24) is 0 Å². The van der Waals surface area contributed by atoms with Crippen LogP contribution in [-0.4, -0.2) is 5.11 Å². The predicted molar refractivity (Wildman–Crippen MR) is 76.1 cm³/mol. The lowest BCUT2D eigenvalue weighted by Gasteiger charge is -2.37. The van der Waals surface area contributed by atoms with Crippen LogP contribution in [0.4, 0.5) is 0 Å². The highest BCUT2D eigenvalue weighted by molar-refractivity contribution is 7.10. The van der Waals surface area contributed by atoms with Gasteiger partial charge in [-0.05, 0) is 53.8 Å². The van der Waals surface area contributed by atoms with Crippen molar-refractivity contribution in [3.05, 3.63) is 57.3 Å². The summed E-state index contributed by atoms with van der Waals surface area (Å²) in [6.07, 6.45) is 1.86. The summed E-state index contributed by atoms with van der Waals surface area (Å²) in [5.74, 6) is 0.543. The SMILES string of the molecule is Cc1cc(C2(O)CCC(C)c3ccccc32)cs1. The first-order valence-electron chi connectivity index (χ1n) is 6.48. The van der Waals surface area contributed by atoms with Crippen LogP contribution in [0.1, 0.15) is 47.3 Å². The van der Waals surface area contributed by atoms with Crippen LogP contribution in [0.5, 0.6) is 0 Å². The Labute approximate surface area is 112 Å². The molecule has 0 saturated heterocycles. The standard InChI is InChI=1S/C16H18OS/c1-11-7-8-16(17,13-9-12(2)18-10-13)15-6-4-3-5-14(11)15/h3-6,9-11,17H,7-8H2,1-2H3. The molecule has 3 rings (SSSR count). The maximum atomic E-state index is 11.1. The second-order valence-electron chi connectivity index (χ2n) is 5.33. The molecule has 1 N–H and O–H groups in total. The number of fused-ring (bicyclic) bond motifs is 1. The van der Waals surface area contributed by atoms with Crippen LogP contribution in [-0.2, 0) is 5.60 Å². The van der Waals surface area contributed by atoms with Crippen molar-refractivity contribution in [3.8, 4) is 0 Å². The van der Waals surface area contributed by atoms with Crippen LogP contribution in [0, 0.1) is 6.92 Å². The molecule has 0 amide bonds. The molecule has 0 aliphatic heterocycles. The number of hydrogen-bond acceptors (Lipinski definition) is 2. The Morgan fingerprint density at radius 2 is 2.11 bits per heavy atom. The molecule has 1 aliphatic rings. The van der Waals surface area contributed by atoms with E-state index in [1.54, 1.807) is 11.3 Å². The zero-order valence-corrected chi connectivity index (χ0v) is 11.6. The summed E-state index contributed by atoms with van der Waals surface area (Å²) in [4.78, 5) is 1.26. The van der Waals surface area contributed by atoms with Gasteiger partial charge in [-0.25, -0.2) is 0 Å². The van der Waals surface area contributed by atoms with E-state index in [9.17, 15) is 5.11 Å². The second-order valence-corrected chi connectivity index (χ2v) is 6.45. The van der Waals surface area contributed by atoms with Gasteiger partial charge in [0, 0.05) is 4.88 Å². The number of aliphatic hydroxyl groups is 1. The molecule has 18 heavy (non-hydrogen) atoms. The van der Waals surface area contributed by atoms with E-state index in [1.165, 1.54) is 10.4 Å². The lowest BCUT2D eigenvalue weighted by molar-refractivity contribution is 0.0583. The molecule has 0 radical (unpaired) electrons. The third kappa shape index (κ3) is 1.72. The number of rotatable bonds is 1. The molecule has 2 aromatic rings. The van der Waals surface area contributed by atoms with Crippen molar-refractivity contribution < 1.29 is 5.11 Å². The van der Waals surface area contributed by atoms with Crippen molar-refractivity contribution in [2.24, 2.45) is 0 Å². The average molecular weight is 258 g/mol. The molecule has 2 atom stereocenters. The number of thiophene rings is 1. The highest BCUT2D eigenvalue weighted by Crippen LogP contribution is 2.45. The summed E-state index contributed by atoms with van der Waals surface area (Å²) in [5.41, 5.74) is 2.68. The summed E-state index contributed by atoms with van der Waals surface area (Å²) in [6.45, 7) is 4.34. The first kappa shape index (κ1) is 11.9. The fourth-order valence-electron chi connectivity index (χ4n) is 2.98. The topological polar surface area (TPSA) is 20.2 Å². The summed E-state index contributed by atoms with van der Waals surface area (Å²) in [7, 11) is 0. The molecule has 0 bridgehead atoms. The smallest absolute Gasteiger partial charge is 0.116 e. The number of benzene rings is 1. The van der Waals surface area contributed by atoms with E-state index in [-0.39, 0.29) is 0 Å². The van der Waals surface area contributed by atoms with Gasteiger partial charge in [-0.3, -0.25) is 0 Å². The van der Waals surface area contributed by atoms with E-state index in [2.05, 4.69) is 43.5 Å². The molecule has 0 spiro atoms. The van der Waals surface area contributed by atoms with Crippen molar-refractivity contribution in [3.63, 3.8) is 0 Å². The molecule has 0 fully saturated rings. The van der Waals surface area contributed by atoms with Gasteiger partial charge in [-0.15, -0.1) is 11.3 Å². The van der Waals surface area contributed by atoms with Crippen LogP contribution in [0.25, 0.3) is 0 Å². The second kappa shape index (κ2) is 4.22. The van der Waals surface area contributed by atoms with Crippen molar-refractivity contribution in [1.29, 1.82) is 0 Å². The molecule has 1 aromatic heterocycles. The van der Waals surface area contributed by atoms with E-state index in [0.29, 0.717) is 5.92 Å². The fourth-order valence-corrected chi connectivity index (χ4v) is 3.75. The van der Waals surface area contributed by atoms with Gasteiger partial charge in [0.25, 0.3) is 0 Å². The minimum atomic E-state index is -0.784. The van der Waals surface area contributed by atoms with E-state index in [4.69, 9.17) is 0 Å². The number of aryl methyl sites for hydroxylation is 1. The highest BCUT2D eigenvalue weighted by Gasteiger charge is 2.38. The Kier molecular flexibility index (Phi) is 2.80. The summed E-state index contributed by atoms with van der Waals surface area (Å²) in [5, 5.41) is 13.2. The third-order valence-corrected chi connectivity index (χ3v) is 4.95. The van der Waals surface area contributed by atoms with E-state index < -0.39 is 5.60 Å². The predicted octanol–water partition coefficient (Wildman–Crippen LogP) is 4.19. The van der Waals surface area contributed by atoms with Gasteiger partial charge < -0.3 is 5.11 Å². The zero-order valence-electron chi connectivity index (χ0n) is 10.8. The molecule has 2 unspecified atom stereocenters. The Bertz CT molecular complexity index is 572. The minimum Gasteiger partial charge on any atom is -0.380 e. The summed E-state index contributed by atoms with van der Waals surface area (Å²) < 4.78 is 0. The Morgan fingerprint density at radius 1 is 1.33 bits per heavy atom. The maximum Gasteiger partial charge on any atom is 0.116 e. The van der Waals surface area contributed by atoms with Gasteiger partial charge in [0.2, 0.25) is 0 Å². The normalized spacial score (nSPS) is 26.9. The van der Waals surface area contributed by atoms with Gasteiger partial charge in [0.15, 0.2) is 0 Å². The molecular weight excluding hydrogens is 240 g/mol. The van der Waals surface area contributed by atoms with E-state index >= 15 is 0 Å². The Morgan fingerprint density at radius 3 is 2.83 bits per heavy atom. The molecule has 1 nitrogen and oxygen atoms in total. The van der Waals surface area contributed by atoms with Crippen LogP contribution < -0.4 is 0 Å². The molecule has 1 heterocycles. The minimum absolute atomic E-state index is 0.543. The monoisotopic (exact) mass is 258 g/mol. The Balaban J connectivity index is 2.17. The van der Waals surface area contributed by atoms with Gasteiger partial charge in [-0.1, -0.05) is 31.2 Å². The largest absolute Gasteiger partial charge is 0.380 e. The molecule has 1 aromatic carbocycles. The van der Waals surface area contributed by atoms with Crippen LogP contribution in [0.3, 0.4) is 0 Å². The van der Waals surface area contributed by atoms with Crippen molar-refractivity contribution >= 4 is 11.3 Å². The van der Waals surface area contributed by atoms with Gasteiger partial charge in [0.1, 0.15) is 5.60 Å². The summed E-state index contributed by atoms with van der Waals surface area (Å²) in [6, 6.07) is 10.5. The van der Waals surface area contributed by atoms with Crippen molar-refractivity contribution in [2.45, 2.75) is 38.2 Å². The van der Waals surface area contributed by atoms with E-state index in [1.807, 2.05) is 6.07 Å². The molecular formula is C16H18OS. The van der Waals surface area contributed by atoms with Crippen LogP contribution in [0.2, 0.25) is 0 Å². The zero-order chi connectivity index (χ0) is 12.8. The van der Waals surface area contributed by atoms with Gasteiger partial charge in [-0.2, -0.15) is 0 Å². The maximum absolute atomic E-state index is 11.1.